The number of fused-ring (bicyclic) bond motifs is 2. The average Bonchev–Trinajstić information content (AvgIpc) is 2.74. The lowest BCUT2D eigenvalue weighted by molar-refractivity contribution is 0.112. The number of hydrogen-bond acceptors (Lipinski definition) is 6. The van der Waals surface area contributed by atoms with Crippen molar-refractivity contribution < 1.29 is 10.2 Å². The van der Waals surface area contributed by atoms with Gasteiger partial charge in [0, 0.05) is 49.1 Å². The molecular weight excluding hydrogens is 382 g/mol. The molecule has 0 spiro atoms. The highest BCUT2D eigenvalue weighted by molar-refractivity contribution is 7.99. The molecule has 156 valence electrons. The SMILES string of the molecule is CC(O)c1ccc2c(c1)N(CCCN1CCN(CCO)CC1)c1ccccc1S2. The molecule has 1 fully saturated rings. The van der Waals surface area contributed by atoms with Crippen LogP contribution in [0.25, 0.3) is 0 Å². The molecule has 6 heteroatoms. The van der Waals surface area contributed by atoms with E-state index in [1.807, 2.05) is 24.8 Å². The van der Waals surface area contributed by atoms with Gasteiger partial charge in [0.1, 0.15) is 0 Å². The Morgan fingerprint density at radius 2 is 1.59 bits per heavy atom. The summed E-state index contributed by atoms with van der Waals surface area (Å²) >= 11 is 1.81. The van der Waals surface area contributed by atoms with E-state index in [1.54, 1.807) is 0 Å². The minimum atomic E-state index is -0.459. The second kappa shape index (κ2) is 9.49. The fraction of sp³-hybridized carbons (Fsp3) is 0.478. The van der Waals surface area contributed by atoms with E-state index in [2.05, 4.69) is 51.1 Å². The standard InChI is InChI=1S/C23H31N3O2S/c1-18(28)19-7-8-23-21(17-19)26(20-5-2-3-6-22(20)29-23)10-4-9-24-11-13-25(14-12-24)15-16-27/h2-3,5-8,17-18,27-28H,4,9-16H2,1H3. The van der Waals surface area contributed by atoms with E-state index in [0.717, 1.165) is 57.8 Å². The Hall–Kier alpha value is -1.57. The Morgan fingerprint density at radius 1 is 0.897 bits per heavy atom. The van der Waals surface area contributed by atoms with Crippen molar-refractivity contribution in [3.8, 4) is 0 Å². The monoisotopic (exact) mass is 413 g/mol. The number of β-amino-alcohol motifs (C(OH)–C–C–N with tert-alkyl or cyclic N) is 1. The molecule has 2 aromatic rings. The van der Waals surface area contributed by atoms with E-state index in [-0.39, 0.29) is 6.61 Å². The van der Waals surface area contributed by atoms with Gasteiger partial charge >= 0.3 is 0 Å². The summed E-state index contributed by atoms with van der Waals surface area (Å²) in [6.07, 6.45) is 0.636. The van der Waals surface area contributed by atoms with Crippen LogP contribution in [0.2, 0.25) is 0 Å². The maximum absolute atomic E-state index is 10.1. The number of anilines is 2. The van der Waals surface area contributed by atoms with E-state index in [1.165, 1.54) is 21.2 Å². The maximum atomic E-state index is 10.1. The molecule has 1 atom stereocenters. The van der Waals surface area contributed by atoms with Crippen LogP contribution in [0.1, 0.15) is 25.0 Å². The highest BCUT2D eigenvalue weighted by Gasteiger charge is 2.24. The summed E-state index contributed by atoms with van der Waals surface area (Å²) in [5.41, 5.74) is 3.44. The van der Waals surface area contributed by atoms with Crippen LogP contribution >= 0.6 is 11.8 Å². The van der Waals surface area contributed by atoms with Gasteiger partial charge in [0.2, 0.25) is 0 Å². The molecule has 2 aliphatic rings. The molecule has 0 amide bonds. The zero-order chi connectivity index (χ0) is 20.2. The van der Waals surface area contributed by atoms with Crippen LogP contribution in [0.15, 0.2) is 52.3 Å². The van der Waals surface area contributed by atoms with Gasteiger partial charge in [-0.3, -0.25) is 4.90 Å². The molecule has 2 N–H and O–H groups in total. The minimum absolute atomic E-state index is 0.250. The molecule has 1 unspecified atom stereocenters. The number of benzene rings is 2. The molecule has 0 bridgehead atoms. The Morgan fingerprint density at radius 3 is 2.31 bits per heavy atom. The summed E-state index contributed by atoms with van der Waals surface area (Å²) in [4.78, 5) is 9.84. The highest BCUT2D eigenvalue weighted by atomic mass is 32.2. The molecule has 0 aliphatic carbocycles. The second-order valence-corrected chi connectivity index (χ2v) is 8.97. The lowest BCUT2D eigenvalue weighted by Crippen LogP contribution is -2.47. The zero-order valence-corrected chi connectivity index (χ0v) is 17.9. The Kier molecular flexibility index (Phi) is 6.77. The predicted molar refractivity (Wildman–Crippen MR) is 119 cm³/mol. The first-order valence-electron chi connectivity index (χ1n) is 10.6. The number of para-hydroxylation sites is 1. The first kappa shape index (κ1) is 20.7. The number of rotatable bonds is 7. The van der Waals surface area contributed by atoms with Crippen LogP contribution in [-0.4, -0.2) is 72.4 Å². The molecule has 0 radical (unpaired) electrons. The number of hydrogen-bond donors (Lipinski definition) is 2. The molecule has 0 saturated carbocycles. The van der Waals surface area contributed by atoms with E-state index in [4.69, 9.17) is 5.11 Å². The molecule has 29 heavy (non-hydrogen) atoms. The van der Waals surface area contributed by atoms with Gasteiger partial charge in [0.25, 0.3) is 0 Å². The smallest absolute Gasteiger partial charge is 0.0762 e. The third-order valence-corrected chi connectivity index (χ3v) is 7.00. The van der Waals surface area contributed by atoms with Gasteiger partial charge in [-0.05, 0) is 49.7 Å². The largest absolute Gasteiger partial charge is 0.395 e. The van der Waals surface area contributed by atoms with Crippen molar-refractivity contribution in [1.29, 1.82) is 0 Å². The highest BCUT2D eigenvalue weighted by Crippen LogP contribution is 2.48. The quantitative estimate of drug-likeness (QED) is 0.726. The molecular formula is C23H31N3O2S. The Bertz CT molecular complexity index is 822. The topological polar surface area (TPSA) is 50.2 Å². The van der Waals surface area contributed by atoms with E-state index in [0.29, 0.717) is 0 Å². The van der Waals surface area contributed by atoms with Crippen LogP contribution in [0.4, 0.5) is 11.4 Å². The maximum Gasteiger partial charge on any atom is 0.0762 e. The number of aliphatic hydroxyl groups excluding tert-OH is 2. The molecule has 2 aromatic carbocycles. The normalized spacial score (nSPS) is 18.4. The van der Waals surface area contributed by atoms with Crippen molar-refractivity contribution in [3.63, 3.8) is 0 Å². The number of piperazine rings is 1. The van der Waals surface area contributed by atoms with Crippen molar-refractivity contribution >= 4 is 23.1 Å². The number of aliphatic hydroxyl groups is 2. The van der Waals surface area contributed by atoms with E-state index in [9.17, 15) is 5.11 Å². The van der Waals surface area contributed by atoms with Gasteiger partial charge in [-0.2, -0.15) is 0 Å². The van der Waals surface area contributed by atoms with Crippen LogP contribution in [-0.2, 0) is 0 Å². The van der Waals surface area contributed by atoms with Gasteiger partial charge < -0.3 is 20.0 Å². The van der Waals surface area contributed by atoms with Crippen molar-refractivity contribution in [2.45, 2.75) is 29.2 Å². The Labute approximate surface area is 177 Å². The van der Waals surface area contributed by atoms with E-state index >= 15 is 0 Å². The van der Waals surface area contributed by atoms with Crippen LogP contribution in [0, 0.1) is 0 Å². The number of nitrogens with zero attached hydrogens (tertiary/aromatic N) is 3. The van der Waals surface area contributed by atoms with Crippen molar-refractivity contribution in [1.82, 2.24) is 9.80 Å². The van der Waals surface area contributed by atoms with Gasteiger partial charge in [0.15, 0.2) is 0 Å². The van der Waals surface area contributed by atoms with Crippen molar-refractivity contribution in [2.24, 2.45) is 0 Å². The molecule has 2 heterocycles. The lowest BCUT2D eigenvalue weighted by atomic mass is 10.1. The van der Waals surface area contributed by atoms with E-state index < -0.39 is 6.10 Å². The molecule has 2 aliphatic heterocycles. The van der Waals surface area contributed by atoms with Crippen LogP contribution in [0.5, 0.6) is 0 Å². The molecule has 0 aromatic heterocycles. The first-order chi connectivity index (χ1) is 14.2. The summed E-state index contributed by atoms with van der Waals surface area (Å²) in [6, 6.07) is 14.9. The summed E-state index contributed by atoms with van der Waals surface area (Å²) in [5.74, 6) is 0. The third kappa shape index (κ3) is 4.78. The summed E-state index contributed by atoms with van der Waals surface area (Å²) in [7, 11) is 0. The second-order valence-electron chi connectivity index (χ2n) is 7.89. The van der Waals surface area contributed by atoms with Gasteiger partial charge in [-0.15, -0.1) is 0 Å². The fourth-order valence-electron chi connectivity index (χ4n) is 4.18. The predicted octanol–water partition coefficient (Wildman–Crippen LogP) is 3.34. The zero-order valence-electron chi connectivity index (χ0n) is 17.1. The van der Waals surface area contributed by atoms with Gasteiger partial charge in [-0.1, -0.05) is 30.0 Å². The molecule has 4 rings (SSSR count). The van der Waals surface area contributed by atoms with Gasteiger partial charge in [-0.25, -0.2) is 0 Å². The third-order valence-electron chi connectivity index (χ3n) is 5.87. The van der Waals surface area contributed by atoms with Crippen LogP contribution < -0.4 is 4.90 Å². The first-order valence-corrected chi connectivity index (χ1v) is 11.4. The summed E-state index contributed by atoms with van der Waals surface area (Å²) in [6.45, 7) is 9.17. The molecule has 1 saturated heterocycles. The fourth-order valence-corrected chi connectivity index (χ4v) is 5.25. The van der Waals surface area contributed by atoms with Crippen molar-refractivity contribution in [3.05, 3.63) is 48.0 Å². The Balaban J connectivity index is 1.45. The van der Waals surface area contributed by atoms with Gasteiger partial charge in [0.05, 0.1) is 24.1 Å². The summed E-state index contributed by atoms with van der Waals surface area (Å²) < 4.78 is 0. The summed E-state index contributed by atoms with van der Waals surface area (Å²) in [5, 5.41) is 19.2. The molecule has 5 nitrogen and oxygen atoms in total. The van der Waals surface area contributed by atoms with Crippen molar-refractivity contribution in [2.75, 3.05) is 57.3 Å². The minimum Gasteiger partial charge on any atom is -0.395 e. The lowest BCUT2D eigenvalue weighted by Gasteiger charge is -2.36. The van der Waals surface area contributed by atoms with Crippen LogP contribution in [0.3, 0.4) is 0 Å². The average molecular weight is 414 g/mol.